The minimum atomic E-state index is -5.12. The van der Waals surface area contributed by atoms with Crippen LogP contribution in [-0.4, -0.2) is 53.2 Å². The van der Waals surface area contributed by atoms with Crippen LogP contribution in [0, 0.1) is 0 Å². The van der Waals surface area contributed by atoms with E-state index in [1.54, 1.807) is 51.2 Å². The average Bonchev–Trinajstić information content (AvgIpc) is 3.27. The van der Waals surface area contributed by atoms with E-state index in [-0.39, 0.29) is 12.5 Å². The van der Waals surface area contributed by atoms with E-state index in [1.165, 1.54) is 0 Å². The van der Waals surface area contributed by atoms with Gasteiger partial charge in [0.05, 0.1) is 24.3 Å². The summed E-state index contributed by atoms with van der Waals surface area (Å²) in [5.74, 6) is -2.74. The van der Waals surface area contributed by atoms with Crippen LogP contribution in [0.25, 0.3) is 10.9 Å². The van der Waals surface area contributed by atoms with E-state index >= 15 is 0 Å². The number of rotatable bonds is 7. The van der Waals surface area contributed by atoms with Crippen LogP contribution in [0.1, 0.15) is 43.0 Å². The molecule has 42 heavy (non-hydrogen) atoms. The molecule has 0 unspecified atom stereocenters. The lowest BCUT2D eigenvalue weighted by Crippen LogP contribution is -2.49. The topological polar surface area (TPSA) is 101 Å². The normalized spacial score (nSPS) is 13.0. The molecule has 2 N–H and O–H groups in total. The van der Waals surface area contributed by atoms with Gasteiger partial charge in [0.1, 0.15) is 5.60 Å². The first-order valence-corrected chi connectivity index (χ1v) is 12.6. The zero-order valence-corrected chi connectivity index (χ0v) is 23.1. The lowest BCUT2D eigenvalue weighted by atomic mass is 10.0. The second kappa shape index (κ2) is 12.3. The largest absolute Gasteiger partial charge is 0.462 e. The smallest absolute Gasteiger partial charge is 0.416 e. The second-order valence-corrected chi connectivity index (χ2v) is 10.5. The Morgan fingerprint density at radius 2 is 1.55 bits per heavy atom. The van der Waals surface area contributed by atoms with Crippen molar-refractivity contribution in [1.82, 2.24) is 15.2 Å². The number of halogens is 6. The number of para-hydroxylation sites is 1. The number of alkyl halides is 6. The van der Waals surface area contributed by atoms with Crippen molar-refractivity contribution in [2.24, 2.45) is 0 Å². The molecule has 2 aromatic carbocycles. The first kappa shape index (κ1) is 32.3. The molecule has 0 fully saturated rings. The number of esters is 1. The molecule has 228 valence electrons. The van der Waals surface area contributed by atoms with Gasteiger partial charge >= 0.3 is 30.3 Å². The van der Waals surface area contributed by atoms with Crippen LogP contribution in [0.4, 0.5) is 31.1 Å². The SMILES string of the molecule is COC(=O)C(=O)N(Cc1cc(C(F)(F)F)cc(C(F)(F)F)c1)C[C@H](Cc1c[nH]c2ccccc12)NC(=O)OC(C)(C)C. The molecule has 0 saturated heterocycles. The number of ether oxygens (including phenoxy) is 2. The maximum Gasteiger partial charge on any atom is 0.416 e. The molecule has 8 nitrogen and oxygen atoms in total. The highest BCUT2D eigenvalue weighted by Crippen LogP contribution is 2.36. The molecule has 0 saturated carbocycles. The first-order valence-electron chi connectivity index (χ1n) is 12.6. The van der Waals surface area contributed by atoms with Gasteiger partial charge in [-0.25, -0.2) is 9.59 Å². The number of amides is 2. The number of nitrogens with one attached hydrogen (secondary N) is 2. The summed E-state index contributed by atoms with van der Waals surface area (Å²) in [7, 11) is 0.896. The van der Waals surface area contributed by atoms with Gasteiger partial charge in [-0.2, -0.15) is 26.3 Å². The number of carbonyl (C=O) groups is 3. The maximum atomic E-state index is 13.5. The highest BCUT2D eigenvalue weighted by Gasteiger charge is 2.37. The van der Waals surface area contributed by atoms with Gasteiger partial charge in [0, 0.05) is 30.2 Å². The number of hydrogen-bond donors (Lipinski definition) is 2. The summed E-state index contributed by atoms with van der Waals surface area (Å²) in [6.45, 7) is 3.51. The molecule has 0 aliphatic rings. The number of alkyl carbamates (subject to hydrolysis) is 1. The van der Waals surface area contributed by atoms with Crippen LogP contribution < -0.4 is 5.32 Å². The molecule has 1 atom stereocenters. The Bertz CT molecular complexity index is 1410. The number of fused-ring (bicyclic) bond motifs is 1. The Kier molecular flexibility index (Phi) is 9.48. The summed E-state index contributed by atoms with van der Waals surface area (Å²) < 4.78 is 90.5. The number of H-pyrrole nitrogens is 1. The van der Waals surface area contributed by atoms with Crippen LogP contribution in [-0.2, 0) is 44.4 Å². The van der Waals surface area contributed by atoms with Crippen molar-refractivity contribution in [3.8, 4) is 0 Å². The predicted octanol–water partition coefficient (Wildman–Crippen LogP) is 5.84. The van der Waals surface area contributed by atoms with Gasteiger partial charge in [-0.15, -0.1) is 0 Å². The number of aromatic amines is 1. The van der Waals surface area contributed by atoms with Crippen molar-refractivity contribution in [2.75, 3.05) is 13.7 Å². The monoisotopic (exact) mass is 601 g/mol. The fourth-order valence-electron chi connectivity index (χ4n) is 4.23. The first-order chi connectivity index (χ1) is 19.4. The van der Waals surface area contributed by atoms with Crippen molar-refractivity contribution in [3.05, 3.63) is 70.9 Å². The highest BCUT2D eigenvalue weighted by atomic mass is 19.4. The predicted molar refractivity (Wildman–Crippen MR) is 139 cm³/mol. The van der Waals surface area contributed by atoms with E-state index in [9.17, 15) is 40.7 Å². The molecule has 2 amide bonds. The molecular weight excluding hydrogens is 572 g/mol. The van der Waals surface area contributed by atoms with Gasteiger partial charge in [-0.3, -0.25) is 4.79 Å². The second-order valence-electron chi connectivity index (χ2n) is 10.5. The molecule has 0 aliphatic heterocycles. The summed E-state index contributed by atoms with van der Waals surface area (Å²) in [4.78, 5) is 41.6. The lowest BCUT2D eigenvalue weighted by molar-refractivity contribution is -0.158. The van der Waals surface area contributed by atoms with E-state index in [0.717, 1.165) is 22.9 Å². The Hall–Kier alpha value is -4.23. The van der Waals surface area contributed by atoms with Gasteiger partial charge in [-0.05, 0) is 62.6 Å². The molecule has 0 bridgehead atoms. The molecule has 0 aliphatic carbocycles. The van der Waals surface area contributed by atoms with Crippen molar-refractivity contribution in [1.29, 1.82) is 0 Å². The Morgan fingerprint density at radius 3 is 2.10 bits per heavy atom. The van der Waals surface area contributed by atoms with Gasteiger partial charge in [-0.1, -0.05) is 18.2 Å². The van der Waals surface area contributed by atoms with E-state index in [2.05, 4.69) is 15.0 Å². The van der Waals surface area contributed by atoms with Crippen LogP contribution in [0.3, 0.4) is 0 Å². The quantitative estimate of drug-likeness (QED) is 0.201. The van der Waals surface area contributed by atoms with Gasteiger partial charge in [0.15, 0.2) is 0 Å². The highest BCUT2D eigenvalue weighted by molar-refractivity contribution is 6.32. The van der Waals surface area contributed by atoms with Crippen molar-refractivity contribution >= 4 is 28.9 Å². The van der Waals surface area contributed by atoms with E-state index < -0.39 is 71.7 Å². The molecule has 1 aromatic heterocycles. The van der Waals surface area contributed by atoms with Crippen LogP contribution in [0.2, 0.25) is 0 Å². The zero-order valence-electron chi connectivity index (χ0n) is 23.1. The number of nitrogens with zero attached hydrogens (tertiary/aromatic N) is 1. The minimum Gasteiger partial charge on any atom is -0.462 e. The Labute approximate surface area is 237 Å². The van der Waals surface area contributed by atoms with E-state index in [0.29, 0.717) is 17.7 Å². The van der Waals surface area contributed by atoms with Crippen LogP contribution in [0.5, 0.6) is 0 Å². The minimum absolute atomic E-state index is 0.0418. The molecule has 0 spiro atoms. The molecule has 3 rings (SSSR count). The summed E-state index contributed by atoms with van der Waals surface area (Å²) in [6, 6.07) is 7.04. The van der Waals surface area contributed by atoms with Gasteiger partial charge < -0.3 is 24.7 Å². The van der Waals surface area contributed by atoms with Crippen LogP contribution in [0.15, 0.2) is 48.7 Å². The molecule has 3 aromatic rings. The Balaban J connectivity index is 2.03. The number of aromatic nitrogens is 1. The molecular formula is C28H29F6N3O5. The molecule has 1 heterocycles. The summed E-state index contributed by atoms with van der Waals surface area (Å²) in [5, 5.41) is 3.37. The van der Waals surface area contributed by atoms with E-state index in [4.69, 9.17) is 4.74 Å². The zero-order chi connectivity index (χ0) is 31.5. The van der Waals surface area contributed by atoms with Gasteiger partial charge in [0.25, 0.3) is 0 Å². The van der Waals surface area contributed by atoms with Crippen molar-refractivity contribution in [3.63, 3.8) is 0 Å². The van der Waals surface area contributed by atoms with E-state index in [1.807, 2.05) is 0 Å². The summed E-state index contributed by atoms with van der Waals surface area (Å²) >= 11 is 0. The molecule has 0 radical (unpaired) electrons. The number of benzene rings is 2. The third-order valence-corrected chi connectivity index (χ3v) is 5.97. The lowest BCUT2D eigenvalue weighted by Gasteiger charge is -2.29. The maximum absolute atomic E-state index is 13.5. The third-order valence-electron chi connectivity index (χ3n) is 5.97. The fourth-order valence-corrected chi connectivity index (χ4v) is 4.23. The third kappa shape index (κ3) is 8.63. The standard InChI is InChI=1S/C28H29F6N3O5/c1-26(2,3)42-25(40)36-20(11-17-13-35-22-8-6-5-7-21(17)22)15-37(23(38)24(39)41-4)14-16-9-18(27(29,30)31)12-19(10-16)28(32,33)34/h5-10,12-13,20,35H,11,14-15H2,1-4H3,(H,36,40)/t20-/m0/s1. The fraction of sp³-hybridized carbons (Fsp3) is 0.393. The van der Waals surface area contributed by atoms with Gasteiger partial charge in [0.2, 0.25) is 0 Å². The number of methoxy groups -OCH3 is 1. The number of carbonyl (C=O) groups excluding carboxylic acids is 3. The Morgan fingerprint density at radius 1 is 0.952 bits per heavy atom. The summed E-state index contributed by atoms with van der Waals surface area (Å²) in [5.41, 5.74) is -3.19. The average molecular weight is 602 g/mol. The van der Waals surface area contributed by atoms with Crippen molar-refractivity contribution in [2.45, 2.75) is 57.7 Å². The number of hydrogen-bond acceptors (Lipinski definition) is 5. The van der Waals surface area contributed by atoms with Crippen LogP contribution >= 0.6 is 0 Å². The summed E-state index contributed by atoms with van der Waals surface area (Å²) in [6.07, 6.45) is -9.43. The molecule has 14 heteroatoms. The van der Waals surface area contributed by atoms with Crippen molar-refractivity contribution < 1.29 is 50.2 Å².